The van der Waals surface area contributed by atoms with Crippen LogP contribution in [-0.2, 0) is 0 Å². The van der Waals surface area contributed by atoms with Crippen molar-refractivity contribution in [2.24, 2.45) is 0 Å². The number of fused-ring (bicyclic) bond motifs is 1. The van der Waals surface area contributed by atoms with Gasteiger partial charge in [0.05, 0.1) is 18.0 Å². The number of aromatic amines is 1. The summed E-state index contributed by atoms with van der Waals surface area (Å²) in [5.74, 6) is -0.0946. The van der Waals surface area contributed by atoms with Gasteiger partial charge in [-0.15, -0.1) is 16.9 Å². The smallest absolute Gasteiger partial charge is 0.282 e. The molecule has 3 heterocycles. The van der Waals surface area contributed by atoms with Crippen LogP contribution in [0.25, 0.3) is 11.2 Å². The summed E-state index contributed by atoms with van der Waals surface area (Å²) < 4.78 is 1.23. The molecule has 2 aromatic rings. The third-order valence-corrected chi connectivity index (χ3v) is 4.65. The number of thioether (sulfide) groups is 1. The van der Waals surface area contributed by atoms with Crippen LogP contribution in [0.2, 0.25) is 0 Å². The van der Waals surface area contributed by atoms with Crippen LogP contribution in [-0.4, -0.2) is 64.3 Å². The fourth-order valence-electron chi connectivity index (χ4n) is 2.11. The lowest BCUT2D eigenvalue weighted by Gasteiger charge is -2.15. The van der Waals surface area contributed by atoms with Gasteiger partial charge in [0.1, 0.15) is 11.5 Å². The number of nitrogen functional groups attached to an aromatic ring is 1. The lowest BCUT2D eigenvalue weighted by Crippen LogP contribution is -2.33. The molecule has 0 spiro atoms. The van der Waals surface area contributed by atoms with Crippen molar-refractivity contribution in [3.05, 3.63) is 10.4 Å². The largest absolute Gasteiger partial charge is 0.395 e. The normalized spacial score (nSPS) is 30.1. The summed E-state index contributed by atoms with van der Waals surface area (Å²) in [5.41, 5.74) is 5.05. The number of nitrogens with one attached hydrogen (secondary N) is 1. The number of aromatic nitrogens is 5. The molecule has 0 unspecified atom stereocenters. The van der Waals surface area contributed by atoms with Crippen LogP contribution in [0.3, 0.4) is 0 Å². The van der Waals surface area contributed by atoms with Crippen LogP contribution in [0.15, 0.2) is 4.79 Å². The molecule has 1 fully saturated rings. The third kappa shape index (κ3) is 1.86. The zero-order valence-electron chi connectivity index (χ0n) is 10.0. The topological polar surface area (TPSA) is 163 Å². The second kappa shape index (κ2) is 4.70. The van der Waals surface area contributed by atoms with Gasteiger partial charge in [0, 0.05) is 0 Å². The van der Waals surface area contributed by atoms with E-state index >= 15 is 0 Å². The van der Waals surface area contributed by atoms with Gasteiger partial charge in [-0.3, -0.25) is 9.78 Å². The molecule has 11 heteroatoms. The highest BCUT2D eigenvalue weighted by Gasteiger charge is 2.44. The zero-order valence-corrected chi connectivity index (χ0v) is 10.9. The number of nitrogens with zero attached hydrogens (tertiary/aromatic N) is 4. The first-order valence-corrected chi connectivity index (χ1v) is 6.70. The molecule has 0 saturated carbocycles. The minimum atomic E-state index is -1.16. The molecule has 0 aromatic carbocycles. The van der Waals surface area contributed by atoms with Crippen molar-refractivity contribution in [3.8, 4) is 0 Å². The van der Waals surface area contributed by atoms with Gasteiger partial charge in [-0.25, -0.2) is 4.68 Å². The summed E-state index contributed by atoms with van der Waals surface area (Å²) >= 11 is 1.13. The van der Waals surface area contributed by atoms with Gasteiger partial charge in [-0.1, -0.05) is 5.21 Å². The Morgan fingerprint density at radius 1 is 1.40 bits per heavy atom. The van der Waals surface area contributed by atoms with Gasteiger partial charge < -0.3 is 21.1 Å². The van der Waals surface area contributed by atoms with Crippen LogP contribution < -0.4 is 11.3 Å². The van der Waals surface area contributed by atoms with E-state index in [4.69, 9.17) is 10.8 Å². The highest BCUT2D eigenvalue weighted by molar-refractivity contribution is 8.00. The van der Waals surface area contributed by atoms with Gasteiger partial charge in [0.25, 0.3) is 5.56 Å². The summed E-state index contributed by atoms with van der Waals surface area (Å²) in [4.78, 5) is 17.9. The van der Waals surface area contributed by atoms with Crippen molar-refractivity contribution in [3.63, 3.8) is 0 Å². The van der Waals surface area contributed by atoms with Crippen LogP contribution in [0.5, 0.6) is 0 Å². The highest BCUT2D eigenvalue weighted by Crippen LogP contribution is 2.41. The van der Waals surface area contributed by atoms with Crippen LogP contribution in [0, 0.1) is 0 Å². The molecular formula is C9H12N6O4S. The highest BCUT2D eigenvalue weighted by atomic mass is 32.2. The fourth-order valence-corrected chi connectivity index (χ4v) is 3.46. The van der Waals surface area contributed by atoms with Crippen LogP contribution >= 0.6 is 11.8 Å². The lowest BCUT2D eigenvalue weighted by atomic mass is 10.1. The average Bonchev–Trinajstić information content (AvgIpc) is 2.93. The number of hydrogen-bond donors (Lipinski definition) is 5. The van der Waals surface area contributed by atoms with E-state index in [0.29, 0.717) is 0 Å². The van der Waals surface area contributed by atoms with E-state index < -0.39 is 28.4 Å². The summed E-state index contributed by atoms with van der Waals surface area (Å²) in [5, 5.41) is 35.2. The van der Waals surface area contributed by atoms with Crippen molar-refractivity contribution in [2.75, 3.05) is 12.3 Å². The van der Waals surface area contributed by atoms with Crippen molar-refractivity contribution < 1.29 is 15.3 Å². The molecule has 0 bridgehead atoms. The Morgan fingerprint density at radius 2 is 2.15 bits per heavy atom. The summed E-state index contributed by atoms with van der Waals surface area (Å²) in [6.45, 7) is -0.290. The third-order valence-electron chi connectivity index (χ3n) is 3.11. The lowest BCUT2D eigenvalue weighted by molar-refractivity contribution is 0.00937. The first kappa shape index (κ1) is 13.3. The second-order valence-electron chi connectivity index (χ2n) is 4.39. The predicted molar refractivity (Wildman–Crippen MR) is 69.9 cm³/mol. The Balaban J connectivity index is 2.09. The SMILES string of the molecule is Nc1nc2c(nnn2[C@@H]2S[C@H](CO)[C@@H](O)[C@H]2O)c(=O)[nH]1. The Kier molecular flexibility index (Phi) is 3.12. The standard InChI is InChI=1S/C9H12N6O4S/c10-9-11-6-3(7(19)12-9)13-14-15(6)8-5(18)4(17)2(1-16)20-8/h2,4-5,8,16-18H,1H2,(H3,10,11,12,19)/t2-,4-,5-,8-/m1/s1. The van der Waals surface area contributed by atoms with E-state index in [0.717, 1.165) is 11.8 Å². The quantitative estimate of drug-likeness (QED) is 0.401. The molecule has 20 heavy (non-hydrogen) atoms. The Hall–Kier alpha value is -1.69. The summed E-state index contributed by atoms with van der Waals surface area (Å²) in [7, 11) is 0. The van der Waals surface area contributed by atoms with Gasteiger partial charge >= 0.3 is 0 Å². The minimum absolute atomic E-state index is 0.00561. The van der Waals surface area contributed by atoms with Crippen LogP contribution in [0.1, 0.15) is 5.37 Å². The van der Waals surface area contributed by atoms with Crippen molar-refractivity contribution >= 4 is 28.9 Å². The number of nitrogens with two attached hydrogens (primary N) is 1. The summed E-state index contributed by atoms with van der Waals surface area (Å²) in [6, 6.07) is 0. The van der Waals surface area contributed by atoms with Gasteiger partial charge in [-0.2, -0.15) is 4.98 Å². The van der Waals surface area contributed by atoms with E-state index in [1.54, 1.807) is 0 Å². The molecule has 0 amide bonds. The van der Waals surface area contributed by atoms with Crippen LogP contribution in [0.4, 0.5) is 5.95 Å². The number of H-pyrrole nitrogens is 1. The summed E-state index contributed by atoms with van der Waals surface area (Å²) in [6.07, 6.45) is -2.27. The molecule has 10 nitrogen and oxygen atoms in total. The van der Waals surface area contributed by atoms with E-state index in [-0.39, 0.29) is 23.7 Å². The maximum Gasteiger partial charge on any atom is 0.282 e. The minimum Gasteiger partial charge on any atom is -0.395 e. The molecule has 1 aliphatic rings. The molecule has 0 radical (unpaired) electrons. The molecule has 1 saturated heterocycles. The van der Waals surface area contributed by atoms with Crippen molar-refractivity contribution in [1.82, 2.24) is 25.0 Å². The Morgan fingerprint density at radius 3 is 2.80 bits per heavy atom. The fraction of sp³-hybridized carbons (Fsp3) is 0.556. The van der Waals surface area contributed by atoms with Gasteiger partial charge in [-0.05, 0) is 0 Å². The molecule has 4 atom stereocenters. The monoisotopic (exact) mass is 300 g/mol. The molecule has 108 valence electrons. The second-order valence-corrected chi connectivity index (χ2v) is 5.75. The van der Waals surface area contributed by atoms with Gasteiger partial charge in [0.15, 0.2) is 11.2 Å². The van der Waals surface area contributed by atoms with E-state index in [1.807, 2.05) is 0 Å². The first-order valence-electron chi connectivity index (χ1n) is 5.76. The van der Waals surface area contributed by atoms with E-state index in [1.165, 1.54) is 4.68 Å². The first-order chi connectivity index (χ1) is 9.52. The van der Waals surface area contributed by atoms with E-state index in [9.17, 15) is 15.0 Å². The maximum absolute atomic E-state index is 11.6. The maximum atomic E-state index is 11.6. The van der Waals surface area contributed by atoms with E-state index in [2.05, 4.69) is 20.3 Å². The average molecular weight is 300 g/mol. The molecular weight excluding hydrogens is 288 g/mol. The molecule has 0 aliphatic carbocycles. The number of aliphatic hydroxyl groups is 3. The number of rotatable bonds is 2. The Bertz CT molecular complexity index is 701. The zero-order chi connectivity index (χ0) is 14.4. The molecule has 2 aromatic heterocycles. The molecule has 3 rings (SSSR count). The predicted octanol–water partition coefficient (Wildman–Crippen LogP) is -2.58. The van der Waals surface area contributed by atoms with Gasteiger partial charge in [0.2, 0.25) is 5.95 Å². The number of aliphatic hydroxyl groups excluding tert-OH is 3. The number of anilines is 1. The van der Waals surface area contributed by atoms with Crippen molar-refractivity contribution in [2.45, 2.75) is 22.8 Å². The number of hydrogen-bond acceptors (Lipinski definition) is 9. The molecule has 6 N–H and O–H groups in total. The Labute approximate surface area is 115 Å². The molecule has 1 aliphatic heterocycles. The van der Waals surface area contributed by atoms with Crippen molar-refractivity contribution in [1.29, 1.82) is 0 Å².